The minimum Gasteiger partial charge on any atom is -0.476 e. The van der Waals surface area contributed by atoms with Gasteiger partial charge in [0.25, 0.3) is 0 Å². The van der Waals surface area contributed by atoms with Crippen LogP contribution >= 0.6 is 0 Å². The van der Waals surface area contributed by atoms with Gasteiger partial charge in [-0.3, -0.25) is 19.7 Å². The molecule has 0 saturated heterocycles. The molecule has 8 heteroatoms. The number of imidazole rings is 1. The predicted molar refractivity (Wildman–Crippen MR) is 55.0 cm³/mol. The lowest BCUT2D eigenvalue weighted by Gasteiger charge is -2.01. The molecule has 86 valence electrons. The molecular formula is C9H6N4O4. The van der Waals surface area contributed by atoms with Gasteiger partial charge in [-0.25, -0.2) is 9.78 Å². The van der Waals surface area contributed by atoms with Gasteiger partial charge in [0.2, 0.25) is 0 Å². The molecule has 0 amide bonds. The van der Waals surface area contributed by atoms with E-state index in [1.165, 1.54) is 29.4 Å². The minimum absolute atomic E-state index is 0.184. The van der Waals surface area contributed by atoms with Gasteiger partial charge in [-0.2, -0.15) is 0 Å². The standard InChI is InChI=1S/C9H6N4O4/c14-9(15)6-4-12(5-11-6)7-1-2-10-3-8(7)13(16)17/h1-5H,(H,14,15). The summed E-state index contributed by atoms with van der Waals surface area (Å²) in [6.07, 6.45) is 4.87. The lowest BCUT2D eigenvalue weighted by molar-refractivity contribution is -0.384. The number of pyridine rings is 1. The molecule has 8 nitrogen and oxygen atoms in total. The van der Waals surface area contributed by atoms with Crippen LogP contribution in [0.15, 0.2) is 31.0 Å². The van der Waals surface area contributed by atoms with Crippen LogP contribution in [-0.4, -0.2) is 30.5 Å². The number of nitro groups is 1. The van der Waals surface area contributed by atoms with Crippen LogP contribution in [0.1, 0.15) is 10.5 Å². The molecule has 2 aromatic heterocycles. The first kappa shape index (κ1) is 10.7. The molecule has 2 rings (SSSR count). The molecule has 0 bridgehead atoms. The van der Waals surface area contributed by atoms with Crippen LogP contribution < -0.4 is 0 Å². The van der Waals surface area contributed by atoms with Gasteiger partial charge in [0.1, 0.15) is 18.2 Å². The maximum absolute atomic E-state index is 10.8. The van der Waals surface area contributed by atoms with E-state index in [4.69, 9.17) is 5.11 Å². The Hall–Kier alpha value is -2.77. The highest BCUT2D eigenvalue weighted by molar-refractivity contribution is 5.85. The van der Waals surface area contributed by atoms with Crippen LogP contribution in [-0.2, 0) is 0 Å². The molecule has 17 heavy (non-hydrogen) atoms. The van der Waals surface area contributed by atoms with Gasteiger partial charge in [-0.15, -0.1) is 0 Å². The van der Waals surface area contributed by atoms with E-state index in [0.717, 1.165) is 6.20 Å². The number of aromatic carboxylic acids is 1. The fourth-order valence-electron chi connectivity index (χ4n) is 1.30. The van der Waals surface area contributed by atoms with Crippen molar-refractivity contribution < 1.29 is 14.8 Å². The Labute approximate surface area is 94.3 Å². The molecule has 1 N–H and O–H groups in total. The molecule has 0 radical (unpaired) electrons. The van der Waals surface area contributed by atoms with E-state index in [9.17, 15) is 14.9 Å². The van der Waals surface area contributed by atoms with Gasteiger partial charge in [0, 0.05) is 12.4 Å². The van der Waals surface area contributed by atoms with Gasteiger partial charge >= 0.3 is 11.7 Å². The molecule has 0 unspecified atom stereocenters. The molecule has 0 fully saturated rings. The maximum atomic E-state index is 10.8. The molecule has 2 aromatic rings. The van der Waals surface area contributed by atoms with E-state index in [0.29, 0.717) is 0 Å². The number of carbonyl (C=O) groups is 1. The molecule has 2 heterocycles. The zero-order valence-electron chi connectivity index (χ0n) is 8.35. The van der Waals surface area contributed by atoms with Crippen LogP contribution in [0.3, 0.4) is 0 Å². The van der Waals surface area contributed by atoms with E-state index in [2.05, 4.69) is 9.97 Å². The first-order chi connectivity index (χ1) is 8.09. The Morgan fingerprint density at radius 1 is 1.53 bits per heavy atom. The summed E-state index contributed by atoms with van der Waals surface area (Å²) >= 11 is 0. The van der Waals surface area contributed by atoms with E-state index in [-0.39, 0.29) is 17.1 Å². The van der Waals surface area contributed by atoms with Crippen LogP contribution in [0, 0.1) is 10.1 Å². The number of rotatable bonds is 3. The summed E-state index contributed by atoms with van der Waals surface area (Å²) in [5.74, 6) is -1.19. The average molecular weight is 234 g/mol. The van der Waals surface area contributed by atoms with E-state index < -0.39 is 10.9 Å². The molecule has 0 aliphatic heterocycles. The number of nitrogens with zero attached hydrogens (tertiary/aromatic N) is 4. The molecule has 0 aliphatic carbocycles. The summed E-state index contributed by atoms with van der Waals surface area (Å²) in [6.45, 7) is 0. The predicted octanol–water partition coefficient (Wildman–Crippen LogP) is 0.874. The van der Waals surface area contributed by atoms with Crippen molar-refractivity contribution in [2.24, 2.45) is 0 Å². The molecule has 0 atom stereocenters. The van der Waals surface area contributed by atoms with E-state index in [1.807, 2.05) is 0 Å². The zero-order chi connectivity index (χ0) is 12.4. The van der Waals surface area contributed by atoms with Crippen molar-refractivity contribution >= 4 is 11.7 Å². The monoisotopic (exact) mass is 234 g/mol. The van der Waals surface area contributed by atoms with E-state index >= 15 is 0 Å². The summed E-state index contributed by atoms with van der Waals surface area (Å²) in [5.41, 5.74) is -0.192. The number of carboxylic acid groups (broad SMARTS) is 1. The molecular weight excluding hydrogens is 228 g/mol. The lowest BCUT2D eigenvalue weighted by Crippen LogP contribution is -1.99. The number of hydrogen-bond donors (Lipinski definition) is 1. The third kappa shape index (κ3) is 1.95. The maximum Gasteiger partial charge on any atom is 0.356 e. The molecule has 0 aromatic carbocycles. The highest BCUT2D eigenvalue weighted by Crippen LogP contribution is 2.20. The quantitative estimate of drug-likeness (QED) is 0.623. The zero-order valence-corrected chi connectivity index (χ0v) is 8.35. The van der Waals surface area contributed by atoms with Gasteiger partial charge < -0.3 is 5.11 Å². The summed E-state index contributed by atoms with van der Waals surface area (Å²) in [6, 6.07) is 1.41. The third-order valence-corrected chi connectivity index (χ3v) is 2.05. The summed E-state index contributed by atoms with van der Waals surface area (Å²) in [7, 11) is 0. The average Bonchev–Trinajstić information content (AvgIpc) is 2.78. The van der Waals surface area contributed by atoms with Crippen molar-refractivity contribution in [3.8, 4) is 5.69 Å². The normalized spacial score (nSPS) is 10.1. The largest absolute Gasteiger partial charge is 0.476 e. The Bertz CT molecular complexity index is 592. The number of hydrogen-bond acceptors (Lipinski definition) is 5. The van der Waals surface area contributed by atoms with Gasteiger partial charge in [-0.05, 0) is 6.07 Å². The van der Waals surface area contributed by atoms with Crippen LogP contribution in [0.5, 0.6) is 0 Å². The Kier molecular flexibility index (Phi) is 2.53. The fourth-order valence-corrected chi connectivity index (χ4v) is 1.30. The van der Waals surface area contributed by atoms with Crippen molar-refractivity contribution in [3.05, 3.63) is 46.8 Å². The van der Waals surface area contributed by atoms with Gasteiger partial charge in [-0.1, -0.05) is 0 Å². The number of aromatic nitrogens is 3. The smallest absolute Gasteiger partial charge is 0.356 e. The lowest BCUT2D eigenvalue weighted by atomic mass is 10.3. The second-order valence-corrected chi connectivity index (χ2v) is 3.09. The highest BCUT2D eigenvalue weighted by Gasteiger charge is 2.16. The van der Waals surface area contributed by atoms with Gasteiger partial charge in [0.15, 0.2) is 5.69 Å². The molecule has 0 spiro atoms. The van der Waals surface area contributed by atoms with Crippen molar-refractivity contribution in [2.45, 2.75) is 0 Å². The first-order valence-electron chi connectivity index (χ1n) is 4.45. The second-order valence-electron chi connectivity index (χ2n) is 3.09. The first-order valence-corrected chi connectivity index (χ1v) is 4.45. The van der Waals surface area contributed by atoms with Crippen molar-refractivity contribution in [2.75, 3.05) is 0 Å². The van der Waals surface area contributed by atoms with Crippen molar-refractivity contribution in [3.63, 3.8) is 0 Å². The van der Waals surface area contributed by atoms with E-state index in [1.54, 1.807) is 0 Å². The number of carboxylic acids is 1. The Morgan fingerprint density at radius 2 is 2.29 bits per heavy atom. The topological polar surface area (TPSA) is 111 Å². The highest BCUT2D eigenvalue weighted by atomic mass is 16.6. The van der Waals surface area contributed by atoms with Crippen molar-refractivity contribution in [1.29, 1.82) is 0 Å². The summed E-state index contributed by atoms with van der Waals surface area (Å²) in [4.78, 5) is 28.1. The molecule has 0 aliphatic rings. The summed E-state index contributed by atoms with van der Waals surface area (Å²) in [5, 5.41) is 19.5. The van der Waals surface area contributed by atoms with Crippen LogP contribution in [0.25, 0.3) is 5.69 Å². The van der Waals surface area contributed by atoms with Gasteiger partial charge in [0.05, 0.1) is 4.92 Å². The Morgan fingerprint density at radius 3 is 2.88 bits per heavy atom. The summed E-state index contributed by atoms with van der Waals surface area (Å²) < 4.78 is 1.27. The third-order valence-electron chi connectivity index (χ3n) is 2.05. The molecule has 0 saturated carbocycles. The van der Waals surface area contributed by atoms with Crippen LogP contribution in [0.4, 0.5) is 5.69 Å². The SMILES string of the molecule is O=C(O)c1cn(-c2ccncc2[N+](=O)[O-])cn1. The van der Waals surface area contributed by atoms with Crippen molar-refractivity contribution in [1.82, 2.24) is 14.5 Å². The van der Waals surface area contributed by atoms with Crippen LogP contribution in [0.2, 0.25) is 0 Å². The fraction of sp³-hybridized carbons (Fsp3) is 0. The second kappa shape index (κ2) is 4.00. The minimum atomic E-state index is -1.19. The Balaban J connectivity index is 2.52.